The van der Waals surface area contributed by atoms with Crippen molar-refractivity contribution in [3.05, 3.63) is 29.0 Å². The molecule has 0 fully saturated rings. The molecule has 0 amide bonds. The third kappa shape index (κ3) is 3.83. The summed E-state index contributed by atoms with van der Waals surface area (Å²) in [6.07, 6.45) is 0. The molecule has 1 unspecified atom stereocenters. The molecule has 2 N–H and O–H groups in total. The number of anilines is 1. The van der Waals surface area contributed by atoms with E-state index in [0.29, 0.717) is 6.54 Å². The van der Waals surface area contributed by atoms with E-state index in [-0.39, 0.29) is 17.3 Å². The molecule has 1 aromatic rings. The number of nitrogens with one attached hydrogen (secondary N) is 2. The molecule has 0 aliphatic rings. The largest absolute Gasteiger partial charge is 0.316 e. The third-order valence-corrected chi connectivity index (χ3v) is 4.45. The molecule has 0 radical (unpaired) electrons. The normalized spacial score (nSPS) is 13.3. The van der Waals surface area contributed by atoms with Crippen LogP contribution in [0.25, 0.3) is 0 Å². The van der Waals surface area contributed by atoms with Gasteiger partial charge in [0.15, 0.2) is 0 Å². The molecule has 0 aliphatic carbocycles. The Bertz CT molecular complexity index is 488. The second-order valence-electron chi connectivity index (χ2n) is 3.86. The predicted octanol–water partition coefficient (Wildman–Crippen LogP) is 2.22. The highest BCUT2D eigenvalue weighted by molar-refractivity contribution is 7.93. The molecule has 1 aromatic carbocycles. The first-order valence-electron chi connectivity index (χ1n) is 5.54. The van der Waals surface area contributed by atoms with Gasteiger partial charge < -0.3 is 5.32 Å². The van der Waals surface area contributed by atoms with Crippen molar-refractivity contribution in [2.45, 2.75) is 19.1 Å². The van der Waals surface area contributed by atoms with Crippen LogP contribution in [0.1, 0.15) is 13.8 Å². The van der Waals surface area contributed by atoms with Crippen molar-refractivity contribution < 1.29 is 12.8 Å². The van der Waals surface area contributed by atoms with Crippen molar-refractivity contribution in [1.29, 1.82) is 0 Å². The van der Waals surface area contributed by atoms with E-state index in [9.17, 15) is 12.8 Å². The quantitative estimate of drug-likeness (QED) is 0.846. The van der Waals surface area contributed by atoms with Crippen LogP contribution in [-0.4, -0.2) is 26.8 Å². The van der Waals surface area contributed by atoms with Crippen LogP contribution in [0.5, 0.6) is 0 Å². The molecule has 0 bridgehead atoms. The second-order valence-corrected chi connectivity index (χ2v) is 6.37. The first-order valence-corrected chi connectivity index (χ1v) is 7.47. The van der Waals surface area contributed by atoms with Gasteiger partial charge in [-0.15, -0.1) is 0 Å². The number of para-hydroxylation sites is 1. The SMILES string of the molecule is CCNCC(C)S(=O)(=O)Nc1c(F)cccc1Cl. The third-order valence-electron chi connectivity index (χ3n) is 2.42. The molecular formula is C11H16ClFN2O2S. The summed E-state index contributed by atoms with van der Waals surface area (Å²) in [5.74, 6) is -0.693. The maximum atomic E-state index is 13.5. The Morgan fingerprint density at radius 1 is 1.44 bits per heavy atom. The lowest BCUT2D eigenvalue weighted by atomic mass is 10.3. The van der Waals surface area contributed by atoms with E-state index in [1.54, 1.807) is 6.92 Å². The van der Waals surface area contributed by atoms with E-state index in [4.69, 9.17) is 11.6 Å². The highest BCUT2D eigenvalue weighted by Crippen LogP contribution is 2.26. The smallest absolute Gasteiger partial charge is 0.236 e. The molecule has 1 atom stereocenters. The number of rotatable bonds is 6. The van der Waals surface area contributed by atoms with Crippen LogP contribution in [0.2, 0.25) is 5.02 Å². The number of sulfonamides is 1. The fraction of sp³-hybridized carbons (Fsp3) is 0.455. The molecule has 0 aliphatic heterocycles. The zero-order valence-corrected chi connectivity index (χ0v) is 11.8. The zero-order chi connectivity index (χ0) is 13.8. The summed E-state index contributed by atoms with van der Waals surface area (Å²) in [4.78, 5) is 0. The summed E-state index contributed by atoms with van der Waals surface area (Å²) < 4.78 is 39.5. The highest BCUT2D eigenvalue weighted by atomic mass is 35.5. The van der Waals surface area contributed by atoms with Crippen molar-refractivity contribution in [2.24, 2.45) is 0 Å². The van der Waals surface area contributed by atoms with Crippen LogP contribution in [0.15, 0.2) is 18.2 Å². The molecule has 0 saturated heterocycles. The number of halogens is 2. The Hall–Kier alpha value is -0.850. The summed E-state index contributed by atoms with van der Waals surface area (Å²) in [7, 11) is -3.67. The maximum Gasteiger partial charge on any atom is 0.236 e. The van der Waals surface area contributed by atoms with Gasteiger partial charge >= 0.3 is 0 Å². The lowest BCUT2D eigenvalue weighted by Crippen LogP contribution is -2.35. The van der Waals surface area contributed by atoms with Gasteiger partial charge in [0.2, 0.25) is 10.0 Å². The van der Waals surface area contributed by atoms with Gasteiger partial charge in [-0.3, -0.25) is 4.72 Å². The molecule has 18 heavy (non-hydrogen) atoms. The average Bonchev–Trinajstić information content (AvgIpc) is 2.31. The van der Waals surface area contributed by atoms with Crippen LogP contribution in [-0.2, 0) is 10.0 Å². The molecule has 0 spiro atoms. The van der Waals surface area contributed by atoms with Gasteiger partial charge in [0.25, 0.3) is 0 Å². The Balaban J connectivity index is 2.89. The molecule has 1 rings (SSSR count). The van der Waals surface area contributed by atoms with Crippen molar-refractivity contribution in [3.63, 3.8) is 0 Å². The van der Waals surface area contributed by atoms with E-state index < -0.39 is 21.1 Å². The van der Waals surface area contributed by atoms with Gasteiger partial charge in [0, 0.05) is 6.54 Å². The van der Waals surface area contributed by atoms with Crippen LogP contribution >= 0.6 is 11.6 Å². The molecule has 0 saturated carbocycles. The number of hydrogen-bond acceptors (Lipinski definition) is 3. The molecule has 7 heteroatoms. The highest BCUT2D eigenvalue weighted by Gasteiger charge is 2.22. The second kappa shape index (κ2) is 6.36. The number of benzene rings is 1. The maximum absolute atomic E-state index is 13.5. The molecule has 4 nitrogen and oxygen atoms in total. The van der Waals surface area contributed by atoms with Crippen molar-refractivity contribution in [2.75, 3.05) is 17.8 Å². The first-order chi connectivity index (χ1) is 8.38. The number of hydrogen-bond donors (Lipinski definition) is 2. The van der Waals surface area contributed by atoms with Gasteiger partial charge in [0.1, 0.15) is 11.5 Å². The summed E-state index contributed by atoms with van der Waals surface area (Å²) in [5, 5.41) is 2.27. The topological polar surface area (TPSA) is 58.2 Å². The van der Waals surface area contributed by atoms with Gasteiger partial charge in [-0.1, -0.05) is 24.6 Å². The van der Waals surface area contributed by atoms with E-state index >= 15 is 0 Å². The zero-order valence-electron chi connectivity index (χ0n) is 10.2. The first kappa shape index (κ1) is 15.2. The molecular weight excluding hydrogens is 279 g/mol. The van der Waals surface area contributed by atoms with E-state index in [0.717, 1.165) is 6.07 Å². The van der Waals surface area contributed by atoms with E-state index in [2.05, 4.69) is 10.0 Å². The molecule has 102 valence electrons. The molecule has 0 heterocycles. The lowest BCUT2D eigenvalue weighted by Gasteiger charge is -2.16. The lowest BCUT2D eigenvalue weighted by molar-refractivity contribution is 0.578. The standard InChI is InChI=1S/C11H16ClFN2O2S/c1-3-14-7-8(2)18(16,17)15-11-9(12)5-4-6-10(11)13/h4-6,8,14-15H,3,7H2,1-2H3. The van der Waals surface area contributed by atoms with Crippen LogP contribution in [0.3, 0.4) is 0 Å². The fourth-order valence-electron chi connectivity index (χ4n) is 1.30. The molecule has 0 aromatic heterocycles. The Morgan fingerprint density at radius 2 is 2.11 bits per heavy atom. The van der Waals surface area contributed by atoms with Crippen molar-refractivity contribution in [3.8, 4) is 0 Å². The predicted molar refractivity (Wildman–Crippen MR) is 72.0 cm³/mol. The van der Waals surface area contributed by atoms with Crippen LogP contribution < -0.4 is 10.0 Å². The van der Waals surface area contributed by atoms with Gasteiger partial charge in [-0.2, -0.15) is 0 Å². The van der Waals surface area contributed by atoms with E-state index in [1.807, 2.05) is 6.92 Å². The minimum Gasteiger partial charge on any atom is -0.316 e. The van der Waals surface area contributed by atoms with Crippen molar-refractivity contribution in [1.82, 2.24) is 5.32 Å². The van der Waals surface area contributed by atoms with Crippen LogP contribution in [0, 0.1) is 5.82 Å². The Kier molecular flexibility index (Phi) is 5.37. The summed E-state index contributed by atoms with van der Waals surface area (Å²) in [6, 6.07) is 3.99. The minimum atomic E-state index is -3.67. The summed E-state index contributed by atoms with van der Waals surface area (Å²) in [5.41, 5.74) is -0.206. The Labute approximate surface area is 112 Å². The monoisotopic (exact) mass is 294 g/mol. The van der Waals surface area contributed by atoms with Gasteiger partial charge in [-0.25, -0.2) is 12.8 Å². The Morgan fingerprint density at radius 3 is 2.67 bits per heavy atom. The fourth-order valence-corrected chi connectivity index (χ4v) is 2.59. The van der Waals surface area contributed by atoms with E-state index in [1.165, 1.54) is 12.1 Å². The van der Waals surface area contributed by atoms with Gasteiger partial charge in [-0.05, 0) is 25.6 Å². The average molecular weight is 295 g/mol. The minimum absolute atomic E-state index is 0.0363. The van der Waals surface area contributed by atoms with Gasteiger partial charge in [0.05, 0.1) is 10.3 Å². The summed E-state index contributed by atoms with van der Waals surface area (Å²) >= 11 is 5.76. The van der Waals surface area contributed by atoms with Crippen LogP contribution in [0.4, 0.5) is 10.1 Å². The summed E-state index contributed by atoms with van der Waals surface area (Å²) in [6.45, 7) is 4.37. The van der Waals surface area contributed by atoms with Crippen molar-refractivity contribution >= 4 is 27.3 Å².